The third kappa shape index (κ3) is 3.69. The summed E-state index contributed by atoms with van der Waals surface area (Å²) in [6.07, 6.45) is 7.42. The molecule has 0 aliphatic carbocycles. The number of nitrogens with zero attached hydrogens (tertiary/aromatic N) is 6. The minimum Gasteiger partial charge on any atom is -0.356 e. The molecule has 24 heavy (non-hydrogen) atoms. The van der Waals surface area contributed by atoms with Crippen LogP contribution >= 0.6 is 0 Å². The number of hydrogen-bond donors (Lipinski definition) is 1. The second kappa shape index (κ2) is 7.37. The van der Waals surface area contributed by atoms with Crippen molar-refractivity contribution in [1.82, 2.24) is 30.0 Å². The Morgan fingerprint density at radius 3 is 2.96 bits per heavy atom. The number of carbonyl (C=O) groups excluding carboxylic acids is 1. The molecule has 0 aromatic carbocycles. The molecule has 1 aliphatic heterocycles. The van der Waals surface area contributed by atoms with Gasteiger partial charge in [-0.25, -0.2) is 19.6 Å². The first-order chi connectivity index (χ1) is 11.7. The Morgan fingerprint density at radius 2 is 2.21 bits per heavy atom. The third-order valence-electron chi connectivity index (χ3n) is 4.41. The standard InChI is InChI=1S/C16H23N7O/c1-3-12(2)21-16(24)13-5-4-6-22(8-13)14-7-15(19-10-18-14)23-11-17-9-20-23/h7,9-13H,3-6,8H2,1-2H3,(H,21,24). The predicted octanol–water partition coefficient (Wildman–Crippen LogP) is 1.19. The van der Waals surface area contributed by atoms with E-state index in [4.69, 9.17) is 0 Å². The number of hydrogen-bond acceptors (Lipinski definition) is 6. The SMILES string of the molecule is CCC(C)NC(=O)C1CCCN(c2cc(-n3cncn3)ncn2)C1. The first-order valence-corrected chi connectivity index (χ1v) is 8.39. The lowest BCUT2D eigenvalue weighted by Gasteiger charge is -2.33. The third-order valence-corrected chi connectivity index (χ3v) is 4.41. The molecule has 1 fully saturated rings. The molecule has 1 N–H and O–H groups in total. The maximum atomic E-state index is 12.4. The van der Waals surface area contributed by atoms with Crippen molar-refractivity contribution in [2.24, 2.45) is 5.92 Å². The van der Waals surface area contributed by atoms with Crippen LogP contribution in [0, 0.1) is 5.92 Å². The average Bonchev–Trinajstić information content (AvgIpc) is 3.16. The highest BCUT2D eigenvalue weighted by molar-refractivity contribution is 5.79. The van der Waals surface area contributed by atoms with Crippen LogP contribution in [0.5, 0.6) is 0 Å². The Balaban J connectivity index is 1.71. The van der Waals surface area contributed by atoms with Gasteiger partial charge >= 0.3 is 0 Å². The largest absolute Gasteiger partial charge is 0.356 e. The summed E-state index contributed by atoms with van der Waals surface area (Å²) in [5.41, 5.74) is 0. The van der Waals surface area contributed by atoms with E-state index in [2.05, 4.69) is 37.2 Å². The Labute approximate surface area is 141 Å². The van der Waals surface area contributed by atoms with E-state index < -0.39 is 0 Å². The summed E-state index contributed by atoms with van der Waals surface area (Å²) in [6.45, 7) is 5.68. The van der Waals surface area contributed by atoms with Crippen LogP contribution in [0.25, 0.3) is 5.82 Å². The molecule has 0 bridgehead atoms. The van der Waals surface area contributed by atoms with Crippen LogP contribution in [0.1, 0.15) is 33.1 Å². The van der Waals surface area contributed by atoms with E-state index in [1.165, 1.54) is 12.7 Å². The second-order valence-electron chi connectivity index (χ2n) is 6.18. The van der Waals surface area contributed by atoms with Crippen LogP contribution in [0.15, 0.2) is 25.0 Å². The normalized spacial score (nSPS) is 19.1. The molecule has 3 rings (SSSR count). The second-order valence-corrected chi connectivity index (χ2v) is 6.18. The van der Waals surface area contributed by atoms with Crippen molar-refractivity contribution >= 4 is 11.7 Å². The van der Waals surface area contributed by atoms with Crippen molar-refractivity contribution in [3.8, 4) is 5.82 Å². The molecule has 8 nitrogen and oxygen atoms in total. The summed E-state index contributed by atoms with van der Waals surface area (Å²) in [6, 6.07) is 2.09. The zero-order valence-corrected chi connectivity index (χ0v) is 14.1. The first-order valence-electron chi connectivity index (χ1n) is 8.39. The molecule has 2 atom stereocenters. The first kappa shape index (κ1) is 16.4. The topological polar surface area (TPSA) is 88.8 Å². The van der Waals surface area contributed by atoms with Crippen LogP contribution in [-0.4, -0.2) is 49.8 Å². The van der Waals surface area contributed by atoms with Crippen LogP contribution in [0.4, 0.5) is 5.82 Å². The number of carbonyl (C=O) groups is 1. The van der Waals surface area contributed by atoms with Gasteiger partial charge in [-0.2, -0.15) is 5.10 Å². The minimum atomic E-state index is -0.00228. The van der Waals surface area contributed by atoms with E-state index >= 15 is 0 Å². The minimum absolute atomic E-state index is 0.00228. The van der Waals surface area contributed by atoms with Gasteiger partial charge in [-0.3, -0.25) is 4.79 Å². The summed E-state index contributed by atoms with van der Waals surface area (Å²) in [5.74, 6) is 1.62. The summed E-state index contributed by atoms with van der Waals surface area (Å²) < 4.78 is 1.60. The van der Waals surface area contributed by atoms with Gasteiger partial charge in [0.1, 0.15) is 24.8 Å². The van der Waals surface area contributed by atoms with Crippen molar-refractivity contribution in [3.63, 3.8) is 0 Å². The van der Waals surface area contributed by atoms with E-state index in [1.807, 2.05) is 13.0 Å². The molecule has 1 saturated heterocycles. The zero-order valence-electron chi connectivity index (χ0n) is 14.1. The number of nitrogens with one attached hydrogen (secondary N) is 1. The van der Waals surface area contributed by atoms with Crippen LogP contribution in [-0.2, 0) is 4.79 Å². The average molecular weight is 329 g/mol. The number of amides is 1. The maximum Gasteiger partial charge on any atom is 0.225 e. The molecule has 128 valence electrons. The molecule has 0 saturated carbocycles. The number of piperidine rings is 1. The zero-order chi connectivity index (χ0) is 16.9. The highest BCUT2D eigenvalue weighted by Gasteiger charge is 2.27. The van der Waals surface area contributed by atoms with Gasteiger partial charge in [0.15, 0.2) is 5.82 Å². The fourth-order valence-electron chi connectivity index (χ4n) is 2.82. The molecule has 0 radical (unpaired) electrons. The van der Waals surface area contributed by atoms with Gasteiger partial charge in [0.25, 0.3) is 0 Å². The summed E-state index contributed by atoms with van der Waals surface area (Å²) in [5, 5.41) is 7.17. The maximum absolute atomic E-state index is 12.4. The summed E-state index contributed by atoms with van der Waals surface area (Å²) >= 11 is 0. The van der Waals surface area contributed by atoms with E-state index in [9.17, 15) is 4.79 Å². The number of rotatable bonds is 5. The molecule has 0 spiro atoms. The lowest BCUT2D eigenvalue weighted by Crippen LogP contribution is -2.45. The van der Waals surface area contributed by atoms with Gasteiger partial charge in [0.2, 0.25) is 5.91 Å². The lowest BCUT2D eigenvalue weighted by atomic mass is 9.96. The quantitative estimate of drug-likeness (QED) is 0.886. The van der Waals surface area contributed by atoms with Crippen LogP contribution in [0.2, 0.25) is 0 Å². The van der Waals surface area contributed by atoms with E-state index in [1.54, 1.807) is 11.0 Å². The van der Waals surface area contributed by atoms with Crippen LogP contribution < -0.4 is 10.2 Å². The number of aromatic nitrogens is 5. The monoisotopic (exact) mass is 329 g/mol. The van der Waals surface area contributed by atoms with Gasteiger partial charge in [0.05, 0.1) is 5.92 Å². The molecule has 1 aliphatic rings. The fraction of sp³-hybridized carbons (Fsp3) is 0.562. The molecule has 3 heterocycles. The molecule has 2 aromatic rings. The van der Waals surface area contributed by atoms with Gasteiger partial charge < -0.3 is 10.2 Å². The Hall–Kier alpha value is -2.51. The fourth-order valence-corrected chi connectivity index (χ4v) is 2.82. The summed E-state index contributed by atoms with van der Waals surface area (Å²) in [7, 11) is 0. The van der Waals surface area contributed by atoms with Gasteiger partial charge in [-0.15, -0.1) is 0 Å². The van der Waals surface area contributed by atoms with E-state index in [0.29, 0.717) is 12.4 Å². The van der Waals surface area contributed by atoms with Crippen molar-refractivity contribution < 1.29 is 4.79 Å². The number of anilines is 1. The lowest BCUT2D eigenvalue weighted by molar-refractivity contribution is -0.125. The molecule has 8 heteroatoms. The Bertz CT molecular complexity index is 673. The van der Waals surface area contributed by atoms with Gasteiger partial charge in [-0.1, -0.05) is 6.92 Å². The smallest absolute Gasteiger partial charge is 0.225 e. The molecule has 1 amide bonds. The van der Waals surface area contributed by atoms with Gasteiger partial charge in [0, 0.05) is 25.2 Å². The highest BCUT2D eigenvalue weighted by Crippen LogP contribution is 2.22. The van der Waals surface area contributed by atoms with E-state index in [0.717, 1.165) is 31.6 Å². The van der Waals surface area contributed by atoms with E-state index in [-0.39, 0.29) is 17.9 Å². The van der Waals surface area contributed by atoms with Crippen LogP contribution in [0.3, 0.4) is 0 Å². The Kier molecular flexibility index (Phi) is 5.02. The molecular weight excluding hydrogens is 306 g/mol. The van der Waals surface area contributed by atoms with Gasteiger partial charge in [-0.05, 0) is 26.2 Å². The van der Waals surface area contributed by atoms with Crippen molar-refractivity contribution in [3.05, 3.63) is 25.0 Å². The van der Waals surface area contributed by atoms with Crippen molar-refractivity contribution in [1.29, 1.82) is 0 Å². The predicted molar refractivity (Wildman–Crippen MR) is 89.8 cm³/mol. The molecular formula is C16H23N7O. The highest BCUT2D eigenvalue weighted by atomic mass is 16.2. The molecule has 2 aromatic heterocycles. The Morgan fingerprint density at radius 1 is 1.38 bits per heavy atom. The van der Waals surface area contributed by atoms with Crippen molar-refractivity contribution in [2.75, 3.05) is 18.0 Å². The van der Waals surface area contributed by atoms with Crippen molar-refractivity contribution in [2.45, 2.75) is 39.2 Å². The molecule has 2 unspecified atom stereocenters. The summed E-state index contributed by atoms with van der Waals surface area (Å²) in [4.78, 5) is 27.1.